The van der Waals surface area contributed by atoms with E-state index in [1.807, 2.05) is 0 Å². The number of halogens is 2. The van der Waals surface area contributed by atoms with Crippen LogP contribution in [0.15, 0.2) is 39.9 Å². The Morgan fingerprint density at radius 3 is 2.80 bits per heavy atom. The van der Waals surface area contributed by atoms with Crippen molar-refractivity contribution in [3.05, 3.63) is 47.8 Å². The van der Waals surface area contributed by atoms with Gasteiger partial charge >= 0.3 is 0 Å². The molecular formula is C14H9F2N7OS. The van der Waals surface area contributed by atoms with Crippen LogP contribution < -0.4 is 0 Å². The Bertz CT molecular complexity index is 998. The number of furan rings is 1. The molecule has 3 aromatic heterocycles. The fraction of sp³-hybridized carbons (Fsp3) is 0.0714. The van der Waals surface area contributed by atoms with Gasteiger partial charge in [0.25, 0.3) is 0 Å². The Morgan fingerprint density at radius 2 is 1.96 bits per heavy atom. The van der Waals surface area contributed by atoms with E-state index in [-0.39, 0.29) is 11.3 Å². The van der Waals surface area contributed by atoms with Crippen LogP contribution in [0.5, 0.6) is 0 Å². The first-order valence-electron chi connectivity index (χ1n) is 7.03. The summed E-state index contributed by atoms with van der Waals surface area (Å²) in [5, 5.41) is 20.7. The molecular weight excluding hydrogens is 352 g/mol. The number of aromatic nitrogens is 7. The maximum absolute atomic E-state index is 13.8. The van der Waals surface area contributed by atoms with Crippen LogP contribution in [0.2, 0.25) is 0 Å². The molecule has 1 aromatic carbocycles. The smallest absolute Gasteiger partial charge is 0.209 e. The van der Waals surface area contributed by atoms with Gasteiger partial charge < -0.3 is 4.42 Å². The van der Waals surface area contributed by atoms with Crippen LogP contribution in [0.25, 0.3) is 22.9 Å². The van der Waals surface area contributed by atoms with E-state index in [2.05, 4.69) is 35.8 Å². The molecule has 25 heavy (non-hydrogen) atoms. The number of nitrogens with zero attached hydrogens (tertiary/aromatic N) is 5. The highest BCUT2D eigenvalue weighted by Crippen LogP contribution is 2.30. The van der Waals surface area contributed by atoms with Gasteiger partial charge in [0.05, 0.1) is 11.3 Å². The monoisotopic (exact) mass is 361 g/mol. The number of H-pyrrole nitrogens is 2. The largest absolute Gasteiger partial charge is 0.453 e. The molecule has 0 spiro atoms. The third kappa shape index (κ3) is 3.13. The molecule has 0 bridgehead atoms. The van der Waals surface area contributed by atoms with Crippen molar-refractivity contribution in [2.75, 3.05) is 0 Å². The number of thioether (sulfide) groups is 1. The normalized spacial score (nSPS) is 11.1. The molecule has 0 atom stereocenters. The van der Waals surface area contributed by atoms with Crippen molar-refractivity contribution in [2.45, 2.75) is 10.9 Å². The summed E-state index contributed by atoms with van der Waals surface area (Å²) in [6.07, 6.45) is 0. The van der Waals surface area contributed by atoms with Crippen molar-refractivity contribution in [3.8, 4) is 22.9 Å². The van der Waals surface area contributed by atoms with Gasteiger partial charge in [-0.15, -0.1) is 15.3 Å². The van der Waals surface area contributed by atoms with Gasteiger partial charge in [0.2, 0.25) is 5.16 Å². The number of hydrogen-bond acceptors (Lipinski definition) is 7. The van der Waals surface area contributed by atoms with Gasteiger partial charge in [-0.25, -0.2) is 8.78 Å². The third-order valence-electron chi connectivity index (χ3n) is 3.24. The Hall–Kier alpha value is -3.08. The van der Waals surface area contributed by atoms with Crippen LogP contribution in [-0.2, 0) is 5.75 Å². The second-order valence-corrected chi connectivity index (χ2v) is 5.79. The number of tetrazole rings is 1. The second kappa shape index (κ2) is 6.43. The van der Waals surface area contributed by atoms with Crippen LogP contribution in [-0.4, -0.2) is 35.8 Å². The number of aromatic amines is 2. The molecule has 0 saturated carbocycles. The number of nitrogens with one attached hydrogen (secondary N) is 2. The molecule has 0 amide bonds. The van der Waals surface area contributed by atoms with E-state index in [4.69, 9.17) is 4.42 Å². The summed E-state index contributed by atoms with van der Waals surface area (Å²) in [5.74, 6) is 0.0116. The lowest BCUT2D eigenvalue weighted by molar-refractivity contribution is 0.505. The number of hydrogen-bond donors (Lipinski definition) is 2. The minimum absolute atomic E-state index is 0.0393. The average molecular weight is 361 g/mol. The lowest BCUT2D eigenvalue weighted by atomic mass is 10.1. The lowest BCUT2D eigenvalue weighted by Gasteiger charge is -1.99. The molecule has 126 valence electrons. The zero-order valence-corrected chi connectivity index (χ0v) is 13.2. The summed E-state index contributed by atoms with van der Waals surface area (Å²) >= 11 is 1.31. The molecule has 4 rings (SSSR count). The number of rotatable bonds is 5. The lowest BCUT2D eigenvalue weighted by Crippen LogP contribution is -1.87. The fourth-order valence-corrected chi connectivity index (χ4v) is 2.74. The van der Waals surface area contributed by atoms with Crippen LogP contribution in [0.4, 0.5) is 8.78 Å². The Morgan fingerprint density at radius 1 is 1.08 bits per heavy atom. The highest BCUT2D eigenvalue weighted by molar-refractivity contribution is 7.98. The van der Waals surface area contributed by atoms with E-state index >= 15 is 0 Å². The van der Waals surface area contributed by atoms with Gasteiger partial charge in [0.1, 0.15) is 5.76 Å². The van der Waals surface area contributed by atoms with Crippen molar-refractivity contribution in [1.82, 2.24) is 35.8 Å². The van der Waals surface area contributed by atoms with E-state index in [9.17, 15) is 8.78 Å². The predicted molar refractivity (Wildman–Crippen MR) is 83.2 cm³/mol. The molecule has 3 heterocycles. The maximum Gasteiger partial charge on any atom is 0.209 e. The average Bonchev–Trinajstić information content (AvgIpc) is 3.36. The fourth-order valence-electron chi connectivity index (χ4n) is 2.10. The van der Waals surface area contributed by atoms with Crippen LogP contribution >= 0.6 is 11.8 Å². The maximum atomic E-state index is 13.8. The van der Waals surface area contributed by atoms with E-state index in [1.165, 1.54) is 23.9 Å². The highest BCUT2D eigenvalue weighted by Gasteiger charge is 2.16. The van der Waals surface area contributed by atoms with Crippen molar-refractivity contribution in [2.24, 2.45) is 0 Å². The SMILES string of the molecule is Fc1cccc(-c2ccc(-c3nc(SCc4nn[nH]n4)n[nH]3)o2)c1F. The van der Waals surface area contributed by atoms with Gasteiger partial charge in [-0.1, -0.05) is 23.0 Å². The van der Waals surface area contributed by atoms with Crippen LogP contribution in [0, 0.1) is 11.6 Å². The topological polar surface area (TPSA) is 109 Å². The molecule has 11 heteroatoms. The van der Waals surface area contributed by atoms with Gasteiger partial charge in [0, 0.05) is 0 Å². The first-order valence-corrected chi connectivity index (χ1v) is 8.01. The Labute approximate surface area is 143 Å². The summed E-state index contributed by atoms with van der Waals surface area (Å²) in [6, 6.07) is 7.05. The zero-order valence-electron chi connectivity index (χ0n) is 12.4. The third-order valence-corrected chi connectivity index (χ3v) is 4.08. The molecule has 2 N–H and O–H groups in total. The molecule has 0 aliphatic carbocycles. The van der Waals surface area contributed by atoms with Crippen molar-refractivity contribution in [3.63, 3.8) is 0 Å². The van der Waals surface area contributed by atoms with Gasteiger partial charge in [-0.2, -0.15) is 10.2 Å². The van der Waals surface area contributed by atoms with E-state index in [0.717, 1.165) is 6.07 Å². The predicted octanol–water partition coefficient (Wildman–Crippen LogP) is 2.82. The summed E-state index contributed by atoms with van der Waals surface area (Å²) in [6.45, 7) is 0. The first-order chi connectivity index (χ1) is 12.2. The van der Waals surface area contributed by atoms with E-state index in [1.54, 1.807) is 12.1 Å². The Balaban J connectivity index is 1.53. The minimum Gasteiger partial charge on any atom is -0.453 e. The van der Waals surface area contributed by atoms with Gasteiger partial charge in [-0.3, -0.25) is 5.10 Å². The second-order valence-electron chi connectivity index (χ2n) is 4.85. The van der Waals surface area contributed by atoms with E-state index < -0.39 is 11.6 Å². The van der Waals surface area contributed by atoms with Crippen molar-refractivity contribution in [1.29, 1.82) is 0 Å². The molecule has 0 fully saturated rings. The van der Waals surface area contributed by atoms with Crippen LogP contribution in [0.3, 0.4) is 0 Å². The zero-order chi connectivity index (χ0) is 17.2. The highest BCUT2D eigenvalue weighted by atomic mass is 32.2. The Kier molecular flexibility index (Phi) is 3.98. The van der Waals surface area contributed by atoms with Crippen molar-refractivity contribution >= 4 is 11.8 Å². The van der Waals surface area contributed by atoms with Gasteiger partial charge in [-0.05, 0) is 24.3 Å². The summed E-state index contributed by atoms with van der Waals surface area (Å²) in [7, 11) is 0. The van der Waals surface area contributed by atoms with Crippen molar-refractivity contribution < 1.29 is 13.2 Å². The van der Waals surface area contributed by atoms with Gasteiger partial charge in [0.15, 0.2) is 29.0 Å². The molecule has 0 aliphatic heterocycles. The quantitative estimate of drug-likeness (QED) is 0.526. The minimum atomic E-state index is -0.961. The molecule has 0 unspecified atom stereocenters. The molecule has 0 radical (unpaired) electrons. The summed E-state index contributed by atoms with van der Waals surface area (Å²) in [4.78, 5) is 4.28. The molecule has 8 nitrogen and oxygen atoms in total. The standard InChI is InChI=1S/C14H9F2N7OS/c15-8-3-1-2-7(12(8)16)9-4-5-10(24-9)13-17-14(21-20-13)25-6-11-18-22-23-19-11/h1-5H,6H2,(H,17,20,21)(H,18,19,22,23). The molecule has 0 saturated heterocycles. The van der Waals surface area contributed by atoms with Crippen LogP contribution in [0.1, 0.15) is 5.82 Å². The number of benzene rings is 1. The summed E-state index contributed by atoms with van der Waals surface area (Å²) in [5.41, 5.74) is 0.0393. The summed E-state index contributed by atoms with van der Waals surface area (Å²) < 4.78 is 32.7. The molecule has 0 aliphatic rings. The first kappa shape index (κ1) is 15.4. The van der Waals surface area contributed by atoms with E-state index in [0.29, 0.717) is 28.3 Å². The molecule has 4 aromatic rings.